The van der Waals surface area contributed by atoms with Gasteiger partial charge in [-0.3, -0.25) is 14.1 Å². The largest absolute Gasteiger partial charge is 0.328 e. The molecule has 34 heavy (non-hydrogen) atoms. The van der Waals surface area contributed by atoms with Crippen LogP contribution in [0.5, 0.6) is 0 Å². The number of aromatic amines is 1. The maximum absolute atomic E-state index is 13.3. The molecular formula is C26H33N7O. The molecule has 0 saturated heterocycles. The molecule has 0 saturated carbocycles. The Balaban J connectivity index is 1.64. The van der Waals surface area contributed by atoms with Gasteiger partial charge in [-0.25, -0.2) is 9.89 Å². The van der Waals surface area contributed by atoms with E-state index in [-0.39, 0.29) is 5.69 Å². The fourth-order valence-electron chi connectivity index (χ4n) is 4.42. The number of hydrogen-bond donors (Lipinski definition) is 1. The molecule has 8 nitrogen and oxygen atoms in total. The summed E-state index contributed by atoms with van der Waals surface area (Å²) in [6.07, 6.45) is 6.10. The van der Waals surface area contributed by atoms with Crippen LogP contribution < -0.4 is 5.69 Å². The second kappa shape index (κ2) is 10.6. The van der Waals surface area contributed by atoms with Crippen molar-refractivity contribution >= 4 is 0 Å². The van der Waals surface area contributed by atoms with Gasteiger partial charge in [-0.15, -0.1) is 5.10 Å². The van der Waals surface area contributed by atoms with Gasteiger partial charge in [0.2, 0.25) is 0 Å². The number of rotatable bonds is 10. The van der Waals surface area contributed by atoms with Gasteiger partial charge in [0.15, 0.2) is 5.82 Å². The van der Waals surface area contributed by atoms with Crippen LogP contribution in [-0.4, -0.2) is 34.7 Å². The summed E-state index contributed by atoms with van der Waals surface area (Å²) in [5.41, 5.74) is 6.13. The third-order valence-corrected chi connectivity index (χ3v) is 6.16. The highest BCUT2D eigenvalue weighted by molar-refractivity contribution is 5.77. The first kappa shape index (κ1) is 23.6. The number of hydrogen-bond acceptors (Lipinski definition) is 5. The number of unbranched alkanes of at least 4 members (excludes halogenated alkanes) is 2. The molecule has 8 heteroatoms. The van der Waals surface area contributed by atoms with E-state index in [2.05, 4.69) is 77.6 Å². The van der Waals surface area contributed by atoms with E-state index in [1.807, 2.05) is 21.3 Å². The minimum absolute atomic E-state index is 0.0918. The first-order chi connectivity index (χ1) is 16.5. The zero-order valence-corrected chi connectivity index (χ0v) is 20.5. The van der Waals surface area contributed by atoms with Crippen LogP contribution in [0.4, 0.5) is 0 Å². The van der Waals surface area contributed by atoms with Crippen molar-refractivity contribution in [2.45, 2.75) is 66.5 Å². The second-order valence-corrected chi connectivity index (χ2v) is 9.21. The molecule has 0 fully saturated rings. The molecule has 0 bridgehead atoms. The molecule has 1 N–H and O–H groups in total. The number of aromatic nitrogens is 7. The monoisotopic (exact) mass is 459 g/mol. The maximum atomic E-state index is 13.3. The van der Waals surface area contributed by atoms with E-state index in [1.165, 1.54) is 6.42 Å². The van der Waals surface area contributed by atoms with Gasteiger partial charge in [0.25, 0.3) is 0 Å². The number of H-pyrrole nitrogens is 1. The van der Waals surface area contributed by atoms with Crippen LogP contribution in [-0.2, 0) is 19.5 Å². The number of imidazole rings is 1. The molecule has 0 atom stereocenters. The van der Waals surface area contributed by atoms with Crippen molar-refractivity contribution in [3.05, 3.63) is 70.0 Å². The van der Waals surface area contributed by atoms with Crippen LogP contribution in [0.3, 0.4) is 0 Å². The summed E-state index contributed by atoms with van der Waals surface area (Å²) >= 11 is 0. The second-order valence-electron chi connectivity index (χ2n) is 9.21. The lowest BCUT2D eigenvalue weighted by atomic mass is 10.0. The molecule has 4 rings (SSSR count). The van der Waals surface area contributed by atoms with Crippen LogP contribution in [0, 0.1) is 12.8 Å². The summed E-state index contributed by atoms with van der Waals surface area (Å²) in [5.74, 6) is 0.952. The SMILES string of the molecule is CCCCCc1c(C)n(CC(C)C)c(=O)n1Cc1ccc(-c2cccnc2-c2nnn[nH]2)cc1. The quantitative estimate of drug-likeness (QED) is 0.349. The van der Waals surface area contributed by atoms with E-state index >= 15 is 0 Å². The Hall–Kier alpha value is -3.55. The van der Waals surface area contributed by atoms with Gasteiger partial charge in [-0.2, -0.15) is 0 Å². The summed E-state index contributed by atoms with van der Waals surface area (Å²) in [6.45, 7) is 9.92. The third-order valence-electron chi connectivity index (χ3n) is 6.16. The Morgan fingerprint density at radius 3 is 2.53 bits per heavy atom. The fraction of sp³-hybridized carbons (Fsp3) is 0.423. The van der Waals surface area contributed by atoms with Gasteiger partial charge in [0.05, 0.1) is 6.54 Å². The fourth-order valence-corrected chi connectivity index (χ4v) is 4.42. The lowest BCUT2D eigenvalue weighted by molar-refractivity contribution is 0.497. The lowest BCUT2D eigenvalue weighted by Gasteiger charge is -2.10. The minimum Gasteiger partial charge on any atom is -0.296 e. The topological polar surface area (TPSA) is 94.3 Å². The highest BCUT2D eigenvalue weighted by atomic mass is 16.1. The van der Waals surface area contributed by atoms with E-state index in [1.54, 1.807) is 6.20 Å². The Morgan fingerprint density at radius 2 is 1.85 bits per heavy atom. The predicted molar refractivity (Wildman–Crippen MR) is 133 cm³/mol. The molecule has 0 unspecified atom stereocenters. The summed E-state index contributed by atoms with van der Waals surface area (Å²) in [7, 11) is 0. The molecule has 3 heterocycles. The lowest BCUT2D eigenvalue weighted by Crippen LogP contribution is -2.27. The molecule has 4 aromatic rings. The standard InChI is InChI=1S/C26H33N7O/c1-5-6-7-10-23-19(4)32(16-18(2)3)26(34)33(23)17-20-11-13-21(14-12-20)22-9-8-15-27-24(22)25-28-30-31-29-25/h8-9,11-15,18H,5-7,10,16-17H2,1-4H3,(H,28,29,30,31). The van der Waals surface area contributed by atoms with Crippen molar-refractivity contribution in [3.8, 4) is 22.6 Å². The predicted octanol–water partition coefficient (Wildman–Crippen LogP) is 4.64. The van der Waals surface area contributed by atoms with E-state index in [9.17, 15) is 4.79 Å². The summed E-state index contributed by atoms with van der Waals surface area (Å²) in [4.78, 5) is 17.8. The average molecular weight is 460 g/mol. The molecule has 1 aromatic carbocycles. The number of nitrogens with one attached hydrogen (secondary N) is 1. The van der Waals surface area contributed by atoms with E-state index in [0.29, 0.717) is 24.0 Å². The molecule has 0 aliphatic rings. The van der Waals surface area contributed by atoms with Gasteiger partial charge < -0.3 is 0 Å². The molecule has 0 aliphatic carbocycles. The van der Waals surface area contributed by atoms with Gasteiger partial charge >= 0.3 is 5.69 Å². The van der Waals surface area contributed by atoms with Crippen molar-refractivity contribution in [1.29, 1.82) is 0 Å². The van der Waals surface area contributed by atoms with Crippen LogP contribution >= 0.6 is 0 Å². The molecule has 0 spiro atoms. The number of nitrogens with zero attached hydrogens (tertiary/aromatic N) is 6. The first-order valence-electron chi connectivity index (χ1n) is 12.1. The average Bonchev–Trinajstić information content (AvgIpc) is 3.45. The summed E-state index contributed by atoms with van der Waals surface area (Å²) in [6, 6.07) is 12.2. The molecular weight excluding hydrogens is 426 g/mol. The van der Waals surface area contributed by atoms with E-state index in [4.69, 9.17) is 0 Å². The zero-order valence-electron chi connectivity index (χ0n) is 20.5. The van der Waals surface area contributed by atoms with Gasteiger partial charge in [-0.1, -0.05) is 63.9 Å². The normalized spacial score (nSPS) is 11.4. The molecule has 3 aromatic heterocycles. The molecule has 0 aliphatic heterocycles. The first-order valence-corrected chi connectivity index (χ1v) is 12.1. The molecule has 0 amide bonds. The maximum Gasteiger partial charge on any atom is 0.328 e. The van der Waals surface area contributed by atoms with E-state index in [0.717, 1.165) is 53.9 Å². The number of pyridine rings is 1. The summed E-state index contributed by atoms with van der Waals surface area (Å²) in [5, 5.41) is 14.1. The minimum atomic E-state index is 0.0918. The van der Waals surface area contributed by atoms with Gasteiger partial charge in [0.1, 0.15) is 5.69 Å². The third kappa shape index (κ3) is 5.00. The number of tetrazole rings is 1. The van der Waals surface area contributed by atoms with Crippen LogP contribution in [0.25, 0.3) is 22.6 Å². The number of benzene rings is 1. The zero-order chi connectivity index (χ0) is 24.1. The Kier molecular flexibility index (Phi) is 7.35. The van der Waals surface area contributed by atoms with Crippen molar-refractivity contribution in [2.75, 3.05) is 0 Å². The Bertz CT molecular complexity index is 1270. The summed E-state index contributed by atoms with van der Waals surface area (Å²) < 4.78 is 3.92. The smallest absolute Gasteiger partial charge is 0.296 e. The van der Waals surface area contributed by atoms with Crippen LogP contribution in [0.2, 0.25) is 0 Å². The van der Waals surface area contributed by atoms with Crippen molar-refractivity contribution in [1.82, 2.24) is 34.7 Å². The van der Waals surface area contributed by atoms with Gasteiger partial charge in [0, 0.05) is 29.7 Å². The van der Waals surface area contributed by atoms with E-state index < -0.39 is 0 Å². The Labute approximate surface area is 200 Å². The van der Waals surface area contributed by atoms with Crippen LogP contribution in [0.1, 0.15) is 57.0 Å². The Morgan fingerprint density at radius 1 is 1.06 bits per heavy atom. The van der Waals surface area contributed by atoms with Crippen molar-refractivity contribution in [3.63, 3.8) is 0 Å². The van der Waals surface area contributed by atoms with Crippen molar-refractivity contribution < 1.29 is 0 Å². The highest BCUT2D eigenvalue weighted by Crippen LogP contribution is 2.28. The molecule has 178 valence electrons. The van der Waals surface area contributed by atoms with Crippen LogP contribution in [0.15, 0.2) is 47.4 Å². The highest BCUT2D eigenvalue weighted by Gasteiger charge is 2.18. The van der Waals surface area contributed by atoms with Gasteiger partial charge in [-0.05, 0) is 53.3 Å². The molecule has 0 radical (unpaired) electrons. The van der Waals surface area contributed by atoms with Crippen molar-refractivity contribution in [2.24, 2.45) is 5.92 Å².